The molecule has 0 saturated carbocycles. The number of aryl methyl sites for hydroxylation is 1. The SMILES string of the molecule is O=C(Nc1ccc(F)cc1)NC1CCN(C(=O)CCc2ccc(C(F)(F)F)cc2)CC1. The average molecular weight is 437 g/mol. The van der Waals surface area contributed by atoms with E-state index in [1.54, 1.807) is 4.90 Å². The van der Waals surface area contributed by atoms with E-state index >= 15 is 0 Å². The minimum absolute atomic E-state index is 0.0610. The maximum Gasteiger partial charge on any atom is 0.416 e. The molecule has 0 aromatic heterocycles. The van der Waals surface area contributed by atoms with Gasteiger partial charge >= 0.3 is 12.2 Å². The fourth-order valence-electron chi connectivity index (χ4n) is 3.43. The van der Waals surface area contributed by atoms with Crippen LogP contribution in [-0.4, -0.2) is 36.0 Å². The molecule has 1 saturated heterocycles. The van der Waals surface area contributed by atoms with E-state index in [1.165, 1.54) is 36.4 Å². The van der Waals surface area contributed by atoms with E-state index in [9.17, 15) is 27.2 Å². The van der Waals surface area contributed by atoms with Gasteiger partial charge in [0.15, 0.2) is 0 Å². The minimum atomic E-state index is -4.37. The molecular formula is C22H23F4N3O2. The first kappa shape index (κ1) is 22.6. The lowest BCUT2D eigenvalue weighted by Crippen LogP contribution is -2.47. The van der Waals surface area contributed by atoms with Gasteiger partial charge in [-0.15, -0.1) is 0 Å². The normalized spacial score (nSPS) is 14.9. The zero-order chi connectivity index (χ0) is 22.4. The van der Waals surface area contributed by atoms with Crippen molar-refractivity contribution in [1.82, 2.24) is 10.2 Å². The van der Waals surface area contributed by atoms with E-state index in [4.69, 9.17) is 0 Å². The Hall–Kier alpha value is -3.10. The van der Waals surface area contributed by atoms with Gasteiger partial charge in [-0.2, -0.15) is 13.2 Å². The zero-order valence-electron chi connectivity index (χ0n) is 16.7. The number of hydrogen-bond acceptors (Lipinski definition) is 2. The Balaban J connectivity index is 1.39. The quantitative estimate of drug-likeness (QED) is 0.673. The zero-order valence-corrected chi connectivity index (χ0v) is 16.7. The van der Waals surface area contributed by atoms with Crippen LogP contribution in [0.25, 0.3) is 0 Å². The number of hydrogen-bond donors (Lipinski definition) is 2. The van der Waals surface area contributed by atoms with Gasteiger partial charge in [-0.05, 0) is 61.2 Å². The van der Waals surface area contributed by atoms with Gasteiger partial charge in [0.25, 0.3) is 0 Å². The molecule has 0 atom stereocenters. The summed E-state index contributed by atoms with van der Waals surface area (Å²) < 4.78 is 50.7. The second-order valence-electron chi connectivity index (χ2n) is 7.46. The van der Waals surface area contributed by atoms with Crippen molar-refractivity contribution >= 4 is 17.6 Å². The number of halogens is 4. The van der Waals surface area contributed by atoms with Gasteiger partial charge in [-0.1, -0.05) is 12.1 Å². The van der Waals surface area contributed by atoms with Crippen LogP contribution in [0.1, 0.15) is 30.4 Å². The number of nitrogens with zero attached hydrogens (tertiary/aromatic N) is 1. The molecular weight excluding hydrogens is 414 g/mol. The van der Waals surface area contributed by atoms with E-state index in [0.717, 1.165) is 12.1 Å². The number of likely N-dealkylation sites (tertiary alicyclic amines) is 1. The third-order valence-corrected chi connectivity index (χ3v) is 5.19. The first-order chi connectivity index (χ1) is 14.7. The summed E-state index contributed by atoms with van der Waals surface area (Å²) >= 11 is 0. The lowest BCUT2D eigenvalue weighted by atomic mass is 10.0. The van der Waals surface area contributed by atoms with Gasteiger partial charge in [0.05, 0.1) is 5.56 Å². The van der Waals surface area contributed by atoms with Gasteiger partial charge in [0.1, 0.15) is 5.82 Å². The van der Waals surface area contributed by atoms with Crippen molar-refractivity contribution in [3.05, 3.63) is 65.5 Å². The smallest absolute Gasteiger partial charge is 0.343 e. The Bertz CT molecular complexity index is 890. The Morgan fingerprint density at radius 3 is 2.16 bits per heavy atom. The van der Waals surface area contributed by atoms with Crippen molar-refractivity contribution in [2.75, 3.05) is 18.4 Å². The molecule has 9 heteroatoms. The van der Waals surface area contributed by atoms with Crippen molar-refractivity contribution in [2.45, 2.75) is 37.9 Å². The molecule has 0 aliphatic carbocycles. The highest BCUT2D eigenvalue weighted by Gasteiger charge is 2.30. The highest BCUT2D eigenvalue weighted by Crippen LogP contribution is 2.29. The molecule has 0 bridgehead atoms. The van der Waals surface area contributed by atoms with Crippen LogP contribution in [0.5, 0.6) is 0 Å². The Kier molecular flexibility index (Phi) is 7.14. The first-order valence-corrected chi connectivity index (χ1v) is 9.98. The molecule has 5 nitrogen and oxygen atoms in total. The first-order valence-electron chi connectivity index (χ1n) is 9.98. The van der Waals surface area contributed by atoms with Crippen molar-refractivity contribution in [1.29, 1.82) is 0 Å². The molecule has 0 spiro atoms. The number of carbonyl (C=O) groups excluding carboxylic acids is 2. The van der Waals surface area contributed by atoms with Crippen LogP contribution < -0.4 is 10.6 Å². The number of amides is 3. The number of nitrogens with one attached hydrogen (secondary N) is 2. The molecule has 1 aliphatic rings. The molecule has 2 aromatic rings. The van der Waals surface area contributed by atoms with Gasteiger partial charge in [-0.25, -0.2) is 9.18 Å². The predicted octanol–water partition coefficient (Wildman–Crippen LogP) is 4.59. The molecule has 3 rings (SSSR count). The molecule has 0 unspecified atom stereocenters. The summed E-state index contributed by atoms with van der Waals surface area (Å²) in [6.07, 6.45) is -2.59. The summed E-state index contributed by atoms with van der Waals surface area (Å²) in [4.78, 5) is 26.2. The summed E-state index contributed by atoms with van der Waals surface area (Å²) in [5, 5.41) is 5.48. The summed E-state index contributed by atoms with van der Waals surface area (Å²) in [5.74, 6) is -0.449. The van der Waals surface area contributed by atoms with Crippen LogP contribution in [0.4, 0.5) is 28.0 Å². The van der Waals surface area contributed by atoms with Crippen LogP contribution in [0, 0.1) is 5.82 Å². The van der Waals surface area contributed by atoms with Crippen LogP contribution in [-0.2, 0) is 17.4 Å². The van der Waals surface area contributed by atoms with E-state index in [-0.39, 0.29) is 24.2 Å². The third kappa shape index (κ3) is 6.70. The van der Waals surface area contributed by atoms with Gasteiger partial charge in [0, 0.05) is 31.2 Å². The van der Waals surface area contributed by atoms with Crippen LogP contribution in [0.2, 0.25) is 0 Å². The summed E-state index contributed by atoms with van der Waals surface area (Å²) in [6.45, 7) is 0.987. The molecule has 2 aromatic carbocycles. The molecule has 2 N–H and O–H groups in total. The lowest BCUT2D eigenvalue weighted by Gasteiger charge is -2.32. The van der Waals surface area contributed by atoms with Crippen molar-refractivity contribution in [3.8, 4) is 0 Å². The summed E-state index contributed by atoms with van der Waals surface area (Å²) in [5.41, 5.74) is 0.450. The lowest BCUT2D eigenvalue weighted by molar-refractivity contribution is -0.137. The van der Waals surface area contributed by atoms with E-state index in [1.807, 2.05) is 0 Å². The fraction of sp³-hybridized carbons (Fsp3) is 0.364. The van der Waals surface area contributed by atoms with Crippen LogP contribution in [0.15, 0.2) is 48.5 Å². The maximum absolute atomic E-state index is 12.9. The second-order valence-corrected chi connectivity index (χ2v) is 7.46. The predicted molar refractivity (Wildman–Crippen MR) is 108 cm³/mol. The molecule has 0 radical (unpaired) electrons. The summed E-state index contributed by atoms with van der Waals surface area (Å²) in [6, 6.07) is 9.80. The van der Waals surface area contributed by atoms with Crippen molar-refractivity contribution in [3.63, 3.8) is 0 Å². The number of piperidine rings is 1. The second kappa shape index (κ2) is 9.80. The Morgan fingerprint density at radius 2 is 1.58 bits per heavy atom. The summed E-state index contributed by atoms with van der Waals surface area (Å²) in [7, 11) is 0. The fourth-order valence-corrected chi connectivity index (χ4v) is 3.43. The van der Waals surface area contributed by atoms with Crippen molar-refractivity contribution in [2.24, 2.45) is 0 Å². The number of anilines is 1. The Labute approximate surface area is 177 Å². The number of rotatable bonds is 5. The van der Waals surface area contributed by atoms with Crippen LogP contribution >= 0.6 is 0 Å². The number of urea groups is 1. The van der Waals surface area contributed by atoms with Crippen molar-refractivity contribution < 1.29 is 27.2 Å². The van der Waals surface area contributed by atoms with E-state index < -0.39 is 17.8 Å². The molecule has 1 fully saturated rings. The highest BCUT2D eigenvalue weighted by atomic mass is 19.4. The molecule has 166 valence electrons. The van der Waals surface area contributed by atoms with E-state index in [2.05, 4.69) is 10.6 Å². The number of carbonyl (C=O) groups is 2. The third-order valence-electron chi connectivity index (χ3n) is 5.19. The molecule has 1 aliphatic heterocycles. The highest BCUT2D eigenvalue weighted by molar-refractivity contribution is 5.89. The van der Waals surface area contributed by atoms with Gasteiger partial charge in [0.2, 0.25) is 5.91 Å². The Morgan fingerprint density at radius 1 is 0.968 bits per heavy atom. The minimum Gasteiger partial charge on any atom is -0.343 e. The molecule has 3 amide bonds. The number of benzene rings is 2. The number of alkyl halides is 3. The standard InChI is InChI=1S/C22H23F4N3O2/c23-17-6-8-18(9-7-17)27-21(31)28-19-11-13-29(14-12-19)20(30)10-3-15-1-4-16(5-2-15)22(24,25)26/h1-2,4-9,19H,3,10-14H2,(H2,27,28,31). The van der Waals surface area contributed by atoms with Crippen LogP contribution in [0.3, 0.4) is 0 Å². The van der Waals surface area contributed by atoms with Gasteiger partial charge in [-0.3, -0.25) is 4.79 Å². The van der Waals surface area contributed by atoms with E-state index in [0.29, 0.717) is 43.6 Å². The maximum atomic E-state index is 12.9. The molecule has 31 heavy (non-hydrogen) atoms. The largest absolute Gasteiger partial charge is 0.416 e. The van der Waals surface area contributed by atoms with Gasteiger partial charge < -0.3 is 15.5 Å². The topological polar surface area (TPSA) is 61.4 Å². The monoisotopic (exact) mass is 437 g/mol. The molecule has 1 heterocycles. The average Bonchev–Trinajstić information content (AvgIpc) is 2.74.